The Morgan fingerprint density at radius 2 is 1.75 bits per heavy atom. The molecule has 1 amide bonds. The number of hydrogen-bond acceptors (Lipinski definition) is 4. The summed E-state index contributed by atoms with van der Waals surface area (Å²) in [6.45, 7) is 4.96. The van der Waals surface area contributed by atoms with E-state index in [2.05, 4.69) is 4.72 Å². The van der Waals surface area contributed by atoms with E-state index in [1.165, 1.54) is 0 Å². The third-order valence-electron chi connectivity index (χ3n) is 5.04. The summed E-state index contributed by atoms with van der Waals surface area (Å²) < 4.78 is 33.8. The van der Waals surface area contributed by atoms with E-state index in [0.717, 1.165) is 24.1 Å². The lowest BCUT2D eigenvalue weighted by Crippen LogP contribution is -2.27. The molecule has 0 unspecified atom stereocenters. The van der Waals surface area contributed by atoms with E-state index in [1.807, 2.05) is 29.2 Å². The van der Waals surface area contributed by atoms with Crippen LogP contribution in [-0.4, -0.2) is 32.9 Å². The third kappa shape index (κ3) is 4.36. The number of likely N-dealkylation sites (tertiary alicyclic amines) is 1. The van der Waals surface area contributed by atoms with E-state index in [9.17, 15) is 13.2 Å². The number of benzene rings is 2. The Balaban J connectivity index is 1.80. The second kappa shape index (κ2) is 8.32. The fourth-order valence-electron chi connectivity index (χ4n) is 3.66. The summed E-state index contributed by atoms with van der Waals surface area (Å²) in [6, 6.07) is 11.1. The zero-order valence-corrected chi connectivity index (χ0v) is 17.3. The van der Waals surface area contributed by atoms with Crippen molar-refractivity contribution in [3.05, 3.63) is 58.7 Å². The van der Waals surface area contributed by atoms with Crippen molar-refractivity contribution in [3.63, 3.8) is 0 Å². The molecule has 1 aliphatic heterocycles. The monoisotopic (exact) mass is 402 g/mol. The van der Waals surface area contributed by atoms with E-state index >= 15 is 0 Å². The minimum Gasteiger partial charge on any atom is -0.497 e. The molecule has 0 radical (unpaired) electrons. The molecule has 1 heterocycles. The van der Waals surface area contributed by atoms with Crippen molar-refractivity contribution in [2.45, 2.75) is 44.7 Å². The van der Waals surface area contributed by atoms with Crippen molar-refractivity contribution in [2.24, 2.45) is 0 Å². The summed E-state index contributed by atoms with van der Waals surface area (Å²) in [5, 5.41) is 0. The number of nitrogens with zero attached hydrogens (tertiary/aromatic N) is 1. The maximum Gasteiger partial charge on any atom is 0.241 e. The zero-order valence-electron chi connectivity index (χ0n) is 16.5. The quantitative estimate of drug-likeness (QED) is 0.773. The van der Waals surface area contributed by atoms with Crippen LogP contribution < -0.4 is 9.46 Å². The number of methoxy groups -OCH3 is 1. The predicted octanol–water partition coefficient (Wildman–Crippen LogP) is 2.91. The van der Waals surface area contributed by atoms with Crippen LogP contribution >= 0.6 is 0 Å². The Morgan fingerprint density at radius 1 is 1.11 bits per heavy atom. The average molecular weight is 403 g/mol. The topological polar surface area (TPSA) is 75.7 Å². The second-order valence-corrected chi connectivity index (χ2v) is 8.81. The van der Waals surface area contributed by atoms with E-state index < -0.39 is 10.0 Å². The number of nitrogens with one attached hydrogen (secondary N) is 1. The second-order valence-electron chi connectivity index (χ2n) is 7.10. The van der Waals surface area contributed by atoms with Crippen molar-refractivity contribution in [2.75, 3.05) is 13.7 Å². The van der Waals surface area contributed by atoms with Gasteiger partial charge in [0, 0.05) is 26.1 Å². The van der Waals surface area contributed by atoms with Crippen molar-refractivity contribution in [1.29, 1.82) is 0 Å². The maximum atomic E-state index is 12.9. The molecule has 7 heteroatoms. The Morgan fingerprint density at radius 3 is 2.32 bits per heavy atom. The first kappa shape index (κ1) is 20.4. The van der Waals surface area contributed by atoms with Gasteiger partial charge in [0.1, 0.15) is 5.75 Å². The molecule has 1 aliphatic rings. The normalized spacial score (nSPS) is 14.5. The van der Waals surface area contributed by atoms with Crippen LogP contribution in [0.2, 0.25) is 0 Å². The number of hydrogen-bond donors (Lipinski definition) is 1. The summed E-state index contributed by atoms with van der Waals surface area (Å²) in [5.41, 5.74) is 3.11. The van der Waals surface area contributed by atoms with Crippen molar-refractivity contribution in [3.8, 4) is 5.75 Å². The summed E-state index contributed by atoms with van der Waals surface area (Å²) >= 11 is 0. The first-order valence-corrected chi connectivity index (χ1v) is 10.8. The van der Waals surface area contributed by atoms with Gasteiger partial charge in [0.25, 0.3) is 0 Å². The van der Waals surface area contributed by atoms with Gasteiger partial charge in [-0.1, -0.05) is 24.3 Å². The molecule has 0 aliphatic carbocycles. The van der Waals surface area contributed by atoms with Crippen LogP contribution in [0.15, 0.2) is 41.3 Å². The van der Waals surface area contributed by atoms with Crippen LogP contribution in [0.4, 0.5) is 0 Å². The van der Waals surface area contributed by atoms with Crippen LogP contribution in [0.3, 0.4) is 0 Å². The summed E-state index contributed by atoms with van der Waals surface area (Å²) in [6.07, 6.45) is 1.47. The molecule has 0 saturated carbocycles. The summed E-state index contributed by atoms with van der Waals surface area (Å²) in [7, 11) is -2.13. The maximum absolute atomic E-state index is 12.9. The third-order valence-corrected chi connectivity index (χ3v) is 6.75. The van der Waals surface area contributed by atoms with Gasteiger partial charge >= 0.3 is 0 Å². The molecule has 1 N–H and O–H groups in total. The molecule has 28 heavy (non-hydrogen) atoms. The minimum absolute atomic E-state index is 0.153. The Kier molecular flexibility index (Phi) is 6.05. The zero-order chi connectivity index (χ0) is 20.3. The van der Waals surface area contributed by atoms with Crippen molar-refractivity contribution in [1.82, 2.24) is 9.62 Å². The number of carbonyl (C=O) groups excluding carboxylic acids is 1. The Hall–Kier alpha value is -2.38. The minimum atomic E-state index is -3.69. The van der Waals surface area contributed by atoms with Gasteiger partial charge in [-0.15, -0.1) is 0 Å². The van der Waals surface area contributed by atoms with Gasteiger partial charge in [-0.2, -0.15) is 0 Å². The lowest BCUT2D eigenvalue weighted by Gasteiger charge is -2.19. The summed E-state index contributed by atoms with van der Waals surface area (Å²) in [4.78, 5) is 14.0. The van der Waals surface area contributed by atoms with Gasteiger partial charge in [-0.25, -0.2) is 13.1 Å². The van der Waals surface area contributed by atoms with Crippen LogP contribution in [-0.2, 0) is 27.9 Å². The van der Waals surface area contributed by atoms with Crippen LogP contribution in [0, 0.1) is 13.8 Å². The first-order valence-electron chi connectivity index (χ1n) is 9.31. The first-order chi connectivity index (χ1) is 13.3. The van der Waals surface area contributed by atoms with Gasteiger partial charge in [0.05, 0.1) is 12.0 Å². The molecule has 2 aromatic carbocycles. The van der Waals surface area contributed by atoms with Gasteiger partial charge in [0.15, 0.2) is 0 Å². The number of ether oxygens (including phenoxy) is 1. The molecule has 2 aromatic rings. The number of rotatable bonds is 7. The molecule has 1 fully saturated rings. The highest BCUT2D eigenvalue weighted by atomic mass is 32.2. The number of amides is 1. The molecule has 0 atom stereocenters. The fourth-order valence-corrected chi connectivity index (χ4v) is 5.11. The van der Waals surface area contributed by atoms with E-state index in [-0.39, 0.29) is 17.3 Å². The largest absolute Gasteiger partial charge is 0.497 e. The van der Waals surface area contributed by atoms with Crippen LogP contribution in [0.5, 0.6) is 5.75 Å². The fraction of sp³-hybridized carbons (Fsp3) is 0.381. The number of sulfonamides is 1. The predicted molar refractivity (Wildman–Crippen MR) is 108 cm³/mol. The van der Waals surface area contributed by atoms with E-state index in [1.54, 1.807) is 33.1 Å². The molecular formula is C21H26N2O4S. The molecule has 150 valence electrons. The van der Waals surface area contributed by atoms with Gasteiger partial charge in [0.2, 0.25) is 15.9 Å². The van der Waals surface area contributed by atoms with E-state index in [0.29, 0.717) is 29.8 Å². The van der Waals surface area contributed by atoms with Crippen LogP contribution in [0.1, 0.15) is 35.1 Å². The molecule has 0 bridgehead atoms. The number of carbonyl (C=O) groups is 1. The molecular weight excluding hydrogens is 376 g/mol. The SMILES string of the molecule is COc1cc(C)c(S(=O)(=O)NCc2ccccc2CN2CCCC2=O)c(C)c1. The van der Waals surface area contributed by atoms with Crippen LogP contribution in [0.25, 0.3) is 0 Å². The summed E-state index contributed by atoms with van der Waals surface area (Å²) in [5.74, 6) is 0.787. The molecule has 6 nitrogen and oxygen atoms in total. The highest BCUT2D eigenvalue weighted by Gasteiger charge is 2.23. The van der Waals surface area contributed by atoms with Gasteiger partial charge < -0.3 is 9.64 Å². The van der Waals surface area contributed by atoms with Crippen molar-refractivity contribution < 1.29 is 17.9 Å². The van der Waals surface area contributed by atoms with Crippen molar-refractivity contribution >= 4 is 15.9 Å². The molecule has 0 spiro atoms. The Labute approximate surface area is 166 Å². The molecule has 0 aromatic heterocycles. The average Bonchev–Trinajstić information content (AvgIpc) is 3.05. The lowest BCUT2D eigenvalue weighted by atomic mass is 10.1. The van der Waals surface area contributed by atoms with Gasteiger partial charge in [-0.05, 0) is 54.7 Å². The lowest BCUT2D eigenvalue weighted by molar-refractivity contribution is -0.128. The number of aryl methyl sites for hydroxylation is 2. The van der Waals surface area contributed by atoms with Gasteiger partial charge in [-0.3, -0.25) is 4.79 Å². The molecule has 3 rings (SSSR count). The Bertz CT molecular complexity index is 963. The molecule has 1 saturated heterocycles. The highest BCUT2D eigenvalue weighted by Crippen LogP contribution is 2.26. The standard InChI is InChI=1S/C21H26N2O4S/c1-15-11-19(27-3)12-16(2)21(15)28(25,26)22-13-17-7-4-5-8-18(17)14-23-10-6-9-20(23)24/h4-5,7-8,11-12,22H,6,9-10,13-14H2,1-3H3. The smallest absolute Gasteiger partial charge is 0.241 e. The highest BCUT2D eigenvalue weighted by molar-refractivity contribution is 7.89. The van der Waals surface area contributed by atoms with E-state index in [4.69, 9.17) is 4.74 Å².